The molecule has 0 saturated heterocycles. The molecule has 1 unspecified atom stereocenters. The number of hydrogen-bond acceptors (Lipinski definition) is 2. The highest BCUT2D eigenvalue weighted by atomic mass is 79.9. The average molecular weight is 280 g/mol. The zero-order chi connectivity index (χ0) is 11.4. The van der Waals surface area contributed by atoms with Crippen LogP contribution in [0.3, 0.4) is 0 Å². The molecule has 6 heteroatoms. The van der Waals surface area contributed by atoms with Gasteiger partial charge in [0.25, 0.3) is 0 Å². The number of carboxylic acids is 1. The molecule has 0 spiro atoms. The van der Waals surface area contributed by atoms with Gasteiger partial charge >= 0.3 is 5.97 Å². The molecular weight excluding hydrogens is 272 g/mol. The molecule has 0 aromatic carbocycles. The van der Waals surface area contributed by atoms with E-state index in [1.807, 2.05) is 0 Å². The maximum atomic E-state index is 12.6. The Bertz CT molecular complexity index is 360. The van der Waals surface area contributed by atoms with Crippen LogP contribution in [-0.2, 0) is 4.79 Å². The van der Waals surface area contributed by atoms with Crippen LogP contribution in [0.1, 0.15) is 18.0 Å². The molecule has 0 bridgehead atoms. The van der Waals surface area contributed by atoms with Crippen molar-refractivity contribution in [2.24, 2.45) is 0 Å². The van der Waals surface area contributed by atoms with Crippen LogP contribution in [-0.4, -0.2) is 22.5 Å². The van der Waals surface area contributed by atoms with E-state index in [-0.39, 0.29) is 5.69 Å². The lowest BCUT2D eigenvalue weighted by Crippen LogP contribution is -2.15. The first-order valence-electron chi connectivity index (χ1n) is 4.13. The van der Waals surface area contributed by atoms with Gasteiger partial charge in [0.2, 0.25) is 6.43 Å². The number of nitrogens with zero attached hydrogens (tertiary/aromatic N) is 1. The molecule has 0 aliphatic carbocycles. The first-order valence-corrected chi connectivity index (χ1v) is 4.92. The molecule has 1 heterocycles. The van der Waals surface area contributed by atoms with E-state index in [0.29, 0.717) is 4.60 Å². The molecule has 0 fully saturated rings. The van der Waals surface area contributed by atoms with Crippen LogP contribution >= 0.6 is 15.9 Å². The molecule has 1 aromatic rings. The SMILES string of the molecule is O=C(O)CC(c1cccc(Br)n1)C(F)F. The number of aliphatic carboxylic acids is 1. The number of alkyl halides is 2. The number of carbonyl (C=O) groups is 1. The van der Waals surface area contributed by atoms with Crippen molar-refractivity contribution >= 4 is 21.9 Å². The molecule has 15 heavy (non-hydrogen) atoms. The summed E-state index contributed by atoms with van der Waals surface area (Å²) in [6.07, 6.45) is -3.36. The number of aromatic nitrogens is 1. The molecule has 3 nitrogen and oxygen atoms in total. The van der Waals surface area contributed by atoms with Gasteiger partial charge in [-0.25, -0.2) is 13.8 Å². The third-order valence-corrected chi connectivity index (χ3v) is 2.26. The van der Waals surface area contributed by atoms with Gasteiger partial charge in [-0.05, 0) is 28.1 Å². The molecule has 0 aliphatic rings. The Balaban J connectivity index is 2.93. The monoisotopic (exact) mass is 279 g/mol. The van der Waals surface area contributed by atoms with Crippen molar-refractivity contribution in [3.63, 3.8) is 0 Å². The van der Waals surface area contributed by atoms with Gasteiger partial charge in [0.15, 0.2) is 0 Å². The second-order valence-corrected chi connectivity index (χ2v) is 3.74. The van der Waals surface area contributed by atoms with Gasteiger partial charge in [0, 0.05) is 0 Å². The van der Waals surface area contributed by atoms with Gasteiger partial charge in [-0.3, -0.25) is 4.79 Å². The summed E-state index contributed by atoms with van der Waals surface area (Å²) in [6, 6.07) is 4.53. The van der Waals surface area contributed by atoms with Gasteiger partial charge < -0.3 is 5.11 Å². The van der Waals surface area contributed by atoms with E-state index in [4.69, 9.17) is 5.11 Å². The van der Waals surface area contributed by atoms with Crippen LogP contribution in [0.25, 0.3) is 0 Å². The molecular formula is C9H8BrF2NO2. The minimum atomic E-state index is -2.73. The molecule has 1 aromatic heterocycles. The highest BCUT2D eigenvalue weighted by Crippen LogP contribution is 2.26. The van der Waals surface area contributed by atoms with Gasteiger partial charge in [-0.1, -0.05) is 6.07 Å². The first kappa shape index (κ1) is 12.0. The lowest BCUT2D eigenvalue weighted by Gasteiger charge is -2.12. The normalized spacial score (nSPS) is 12.8. The maximum Gasteiger partial charge on any atom is 0.304 e. The van der Waals surface area contributed by atoms with E-state index in [1.54, 1.807) is 12.1 Å². The first-order chi connectivity index (χ1) is 7.00. The Morgan fingerprint density at radius 1 is 1.53 bits per heavy atom. The van der Waals surface area contributed by atoms with Crippen molar-refractivity contribution in [1.82, 2.24) is 4.98 Å². The van der Waals surface area contributed by atoms with E-state index < -0.39 is 24.7 Å². The van der Waals surface area contributed by atoms with Gasteiger partial charge in [-0.2, -0.15) is 0 Å². The molecule has 1 rings (SSSR count). The summed E-state index contributed by atoms with van der Waals surface area (Å²) >= 11 is 3.04. The number of rotatable bonds is 4. The van der Waals surface area contributed by atoms with Crippen LogP contribution in [0.15, 0.2) is 22.8 Å². The predicted molar refractivity (Wildman–Crippen MR) is 52.9 cm³/mol. The molecule has 0 aliphatic heterocycles. The fraction of sp³-hybridized carbons (Fsp3) is 0.333. The lowest BCUT2D eigenvalue weighted by atomic mass is 10.0. The Hall–Kier alpha value is -1.04. The average Bonchev–Trinajstić information content (AvgIpc) is 2.13. The van der Waals surface area contributed by atoms with Crippen LogP contribution < -0.4 is 0 Å². The minimum absolute atomic E-state index is 0.0850. The number of hydrogen-bond donors (Lipinski definition) is 1. The highest BCUT2D eigenvalue weighted by molar-refractivity contribution is 9.10. The van der Waals surface area contributed by atoms with Crippen LogP contribution in [0.4, 0.5) is 8.78 Å². The Labute approximate surface area is 93.3 Å². The Kier molecular flexibility index (Phi) is 4.14. The summed E-state index contributed by atoms with van der Waals surface area (Å²) in [6.45, 7) is 0. The fourth-order valence-corrected chi connectivity index (χ4v) is 1.50. The van der Waals surface area contributed by atoms with Crippen molar-refractivity contribution in [2.75, 3.05) is 0 Å². The van der Waals surface area contributed by atoms with Crippen molar-refractivity contribution in [2.45, 2.75) is 18.8 Å². The third-order valence-electron chi connectivity index (χ3n) is 1.82. The number of pyridine rings is 1. The van der Waals surface area contributed by atoms with Gasteiger partial charge in [-0.15, -0.1) is 0 Å². The van der Waals surface area contributed by atoms with Crippen LogP contribution in [0.2, 0.25) is 0 Å². The fourth-order valence-electron chi connectivity index (χ4n) is 1.14. The van der Waals surface area contributed by atoms with Crippen molar-refractivity contribution < 1.29 is 18.7 Å². The van der Waals surface area contributed by atoms with Crippen LogP contribution in [0.5, 0.6) is 0 Å². The molecule has 0 radical (unpaired) electrons. The molecule has 82 valence electrons. The van der Waals surface area contributed by atoms with Gasteiger partial charge in [0.05, 0.1) is 18.0 Å². The van der Waals surface area contributed by atoms with Crippen molar-refractivity contribution in [3.8, 4) is 0 Å². The summed E-state index contributed by atoms with van der Waals surface area (Å²) in [4.78, 5) is 14.2. The van der Waals surface area contributed by atoms with Gasteiger partial charge in [0.1, 0.15) is 4.60 Å². The van der Waals surface area contributed by atoms with E-state index in [1.165, 1.54) is 6.07 Å². The number of carboxylic acid groups (broad SMARTS) is 1. The van der Waals surface area contributed by atoms with Crippen molar-refractivity contribution in [3.05, 3.63) is 28.5 Å². The zero-order valence-corrected chi connectivity index (χ0v) is 9.12. The molecule has 0 amide bonds. The molecule has 1 atom stereocenters. The van der Waals surface area contributed by atoms with E-state index >= 15 is 0 Å². The standard InChI is InChI=1S/C9H8BrF2NO2/c10-7-3-1-2-6(13-7)5(9(11)12)4-8(14)15/h1-3,5,9H,4H2,(H,14,15). The smallest absolute Gasteiger partial charge is 0.304 e. The predicted octanol–water partition coefficient (Wildman–Crippen LogP) is 2.67. The molecule has 1 N–H and O–H groups in total. The second kappa shape index (κ2) is 5.16. The van der Waals surface area contributed by atoms with E-state index in [0.717, 1.165) is 0 Å². The maximum absolute atomic E-state index is 12.6. The zero-order valence-electron chi connectivity index (χ0n) is 7.53. The summed E-state index contributed by atoms with van der Waals surface area (Å²) in [5, 5.41) is 8.49. The summed E-state index contributed by atoms with van der Waals surface area (Å²) < 4.78 is 25.5. The summed E-state index contributed by atoms with van der Waals surface area (Å²) in [5.74, 6) is -2.62. The minimum Gasteiger partial charge on any atom is -0.481 e. The van der Waals surface area contributed by atoms with E-state index in [9.17, 15) is 13.6 Å². The largest absolute Gasteiger partial charge is 0.481 e. The van der Waals surface area contributed by atoms with E-state index in [2.05, 4.69) is 20.9 Å². The van der Waals surface area contributed by atoms with Crippen LogP contribution in [0, 0.1) is 0 Å². The third kappa shape index (κ3) is 3.54. The van der Waals surface area contributed by atoms with Crippen molar-refractivity contribution in [1.29, 1.82) is 0 Å². The second-order valence-electron chi connectivity index (χ2n) is 2.92. The quantitative estimate of drug-likeness (QED) is 0.862. The highest BCUT2D eigenvalue weighted by Gasteiger charge is 2.26. The lowest BCUT2D eigenvalue weighted by molar-refractivity contribution is -0.138. The Morgan fingerprint density at radius 3 is 2.67 bits per heavy atom. The summed E-state index contributed by atoms with van der Waals surface area (Å²) in [7, 11) is 0. The Morgan fingerprint density at radius 2 is 2.20 bits per heavy atom. The topological polar surface area (TPSA) is 50.2 Å². The summed E-state index contributed by atoms with van der Waals surface area (Å²) in [5.41, 5.74) is 0.0850. The number of halogens is 3. The molecule has 0 saturated carbocycles.